The Morgan fingerprint density at radius 1 is 1.22 bits per heavy atom. The summed E-state index contributed by atoms with van der Waals surface area (Å²) in [7, 11) is 0. The predicted octanol–water partition coefficient (Wildman–Crippen LogP) is 4.82. The van der Waals surface area contributed by atoms with Gasteiger partial charge in [0, 0.05) is 21.3 Å². The van der Waals surface area contributed by atoms with Crippen molar-refractivity contribution in [2.75, 3.05) is 6.54 Å². The summed E-state index contributed by atoms with van der Waals surface area (Å²) < 4.78 is 0. The molecule has 2 aromatic rings. The van der Waals surface area contributed by atoms with Crippen molar-refractivity contribution in [3.05, 3.63) is 51.9 Å². The molecule has 1 aromatic carbocycles. The highest BCUT2D eigenvalue weighted by molar-refractivity contribution is 7.16. The van der Waals surface area contributed by atoms with E-state index in [1.165, 1.54) is 20.9 Å². The number of nitrogens with two attached hydrogens (primary N) is 1. The van der Waals surface area contributed by atoms with Gasteiger partial charge in [-0.25, -0.2) is 0 Å². The smallest absolute Gasteiger partial charge is 0.0406 e. The van der Waals surface area contributed by atoms with E-state index in [1.807, 2.05) is 24.3 Å². The normalized spacial score (nSPS) is 11.8. The zero-order valence-corrected chi connectivity index (χ0v) is 11.9. The fourth-order valence-electron chi connectivity index (χ4n) is 1.71. The average Bonchev–Trinajstić information content (AvgIpc) is 2.85. The van der Waals surface area contributed by atoms with Gasteiger partial charge in [0.25, 0.3) is 0 Å². The molecule has 0 aliphatic heterocycles. The lowest BCUT2D eigenvalue weighted by molar-refractivity contribution is 1.02. The van der Waals surface area contributed by atoms with E-state index in [0.717, 1.165) is 11.4 Å². The quantitative estimate of drug-likeness (QED) is 0.852. The van der Waals surface area contributed by atoms with Crippen LogP contribution in [0.1, 0.15) is 18.2 Å². The monoisotopic (exact) mass is 277 g/mol. The molecule has 0 aliphatic rings. The Balaban J connectivity index is 2.25. The van der Waals surface area contributed by atoms with Gasteiger partial charge in [-0.1, -0.05) is 36.2 Å². The van der Waals surface area contributed by atoms with Crippen molar-refractivity contribution in [2.45, 2.75) is 13.3 Å². The van der Waals surface area contributed by atoms with Gasteiger partial charge < -0.3 is 5.73 Å². The molecule has 0 aliphatic carbocycles. The average molecular weight is 278 g/mol. The van der Waals surface area contributed by atoms with Crippen molar-refractivity contribution in [3.63, 3.8) is 0 Å². The summed E-state index contributed by atoms with van der Waals surface area (Å²) in [6.45, 7) is 2.76. The lowest BCUT2D eigenvalue weighted by Gasteiger charge is -1.98. The van der Waals surface area contributed by atoms with Crippen molar-refractivity contribution in [3.8, 4) is 10.4 Å². The number of hydrogen-bond acceptors (Lipinski definition) is 2. The summed E-state index contributed by atoms with van der Waals surface area (Å²) in [5.41, 5.74) is 8.17. The van der Waals surface area contributed by atoms with Crippen LogP contribution in [0.25, 0.3) is 16.5 Å². The Bertz CT molecular complexity index is 534. The molecule has 0 amide bonds. The van der Waals surface area contributed by atoms with Crippen LogP contribution < -0.4 is 5.73 Å². The minimum Gasteiger partial charge on any atom is -0.327 e. The molecule has 1 nitrogen and oxygen atoms in total. The minimum atomic E-state index is 0.630. The molecule has 18 heavy (non-hydrogen) atoms. The summed E-state index contributed by atoms with van der Waals surface area (Å²) >= 11 is 7.67. The fourth-order valence-corrected chi connectivity index (χ4v) is 2.84. The molecule has 0 fully saturated rings. The van der Waals surface area contributed by atoms with Crippen LogP contribution in [0.3, 0.4) is 0 Å². The van der Waals surface area contributed by atoms with Gasteiger partial charge in [0.2, 0.25) is 0 Å². The van der Waals surface area contributed by atoms with E-state index in [0.29, 0.717) is 6.54 Å². The lowest BCUT2D eigenvalue weighted by atomic mass is 10.2. The van der Waals surface area contributed by atoms with E-state index in [2.05, 4.69) is 25.1 Å². The molecular formula is C15H16ClNS. The largest absolute Gasteiger partial charge is 0.327 e. The molecule has 94 valence electrons. The van der Waals surface area contributed by atoms with Gasteiger partial charge in [0.15, 0.2) is 0 Å². The first-order chi connectivity index (χ1) is 8.72. The van der Waals surface area contributed by atoms with E-state index >= 15 is 0 Å². The number of thiophene rings is 1. The van der Waals surface area contributed by atoms with Gasteiger partial charge in [0.1, 0.15) is 0 Å². The topological polar surface area (TPSA) is 26.0 Å². The Labute approximate surface area is 117 Å². The molecule has 2 N–H and O–H groups in total. The van der Waals surface area contributed by atoms with Crippen LogP contribution >= 0.6 is 22.9 Å². The maximum absolute atomic E-state index is 5.89. The van der Waals surface area contributed by atoms with Crippen LogP contribution in [0, 0.1) is 0 Å². The Kier molecular flexibility index (Phi) is 4.59. The molecule has 1 aromatic heterocycles. The standard InChI is InChI=1S/C15H16ClNS/c1-2-11(10-17)9-14-7-8-15(18-14)12-3-5-13(16)6-4-12/h3-9H,2,10,17H2,1H3. The number of rotatable bonds is 4. The molecule has 3 heteroatoms. The van der Waals surface area contributed by atoms with Gasteiger partial charge in [-0.3, -0.25) is 0 Å². The van der Waals surface area contributed by atoms with Gasteiger partial charge in [-0.05, 0) is 42.3 Å². The van der Waals surface area contributed by atoms with Gasteiger partial charge in [-0.15, -0.1) is 11.3 Å². The molecule has 2 rings (SSSR count). The van der Waals surface area contributed by atoms with Crippen LogP contribution in [-0.2, 0) is 0 Å². The van der Waals surface area contributed by atoms with E-state index in [4.69, 9.17) is 17.3 Å². The van der Waals surface area contributed by atoms with Crippen molar-refractivity contribution in [1.29, 1.82) is 0 Å². The van der Waals surface area contributed by atoms with E-state index in [-0.39, 0.29) is 0 Å². The van der Waals surface area contributed by atoms with Crippen LogP contribution in [0.15, 0.2) is 42.0 Å². The summed E-state index contributed by atoms with van der Waals surface area (Å²) in [5.74, 6) is 0. The second kappa shape index (κ2) is 6.19. The van der Waals surface area contributed by atoms with Crippen LogP contribution in [0.5, 0.6) is 0 Å². The molecule has 0 unspecified atom stereocenters. The second-order valence-electron chi connectivity index (χ2n) is 4.07. The third-order valence-electron chi connectivity index (χ3n) is 2.82. The zero-order valence-electron chi connectivity index (χ0n) is 10.3. The highest BCUT2D eigenvalue weighted by atomic mass is 35.5. The van der Waals surface area contributed by atoms with Gasteiger partial charge >= 0.3 is 0 Å². The predicted molar refractivity (Wildman–Crippen MR) is 82.1 cm³/mol. The highest BCUT2D eigenvalue weighted by Crippen LogP contribution is 2.30. The summed E-state index contributed by atoms with van der Waals surface area (Å²) in [4.78, 5) is 2.51. The van der Waals surface area contributed by atoms with E-state index in [1.54, 1.807) is 11.3 Å². The van der Waals surface area contributed by atoms with Crippen LogP contribution in [0.2, 0.25) is 5.02 Å². The SMILES string of the molecule is CCC(=Cc1ccc(-c2ccc(Cl)cc2)s1)CN. The highest BCUT2D eigenvalue weighted by Gasteiger charge is 2.02. The third kappa shape index (κ3) is 3.22. The Morgan fingerprint density at radius 2 is 1.94 bits per heavy atom. The summed E-state index contributed by atoms with van der Waals surface area (Å²) in [6, 6.07) is 12.2. The molecule has 0 saturated heterocycles. The minimum absolute atomic E-state index is 0.630. The zero-order chi connectivity index (χ0) is 13.0. The fraction of sp³-hybridized carbons (Fsp3) is 0.200. The van der Waals surface area contributed by atoms with Crippen LogP contribution in [-0.4, -0.2) is 6.54 Å². The van der Waals surface area contributed by atoms with Crippen molar-refractivity contribution in [1.82, 2.24) is 0 Å². The Hall–Kier alpha value is -1.09. The van der Waals surface area contributed by atoms with Crippen molar-refractivity contribution in [2.24, 2.45) is 5.73 Å². The number of hydrogen-bond donors (Lipinski definition) is 1. The first-order valence-corrected chi connectivity index (χ1v) is 7.17. The molecule has 0 atom stereocenters. The molecule has 0 saturated carbocycles. The maximum atomic E-state index is 5.89. The first kappa shape index (κ1) is 13.3. The number of benzene rings is 1. The summed E-state index contributed by atoms with van der Waals surface area (Å²) in [5, 5.41) is 0.770. The maximum Gasteiger partial charge on any atom is 0.0406 e. The van der Waals surface area contributed by atoms with Crippen molar-refractivity contribution >= 4 is 29.0 Å². The molecule has 1 heterocycles. The van der Waals surface area contributed by atoms with Crippen molar-refractivity contribution < 1.29 is 0 Å². The van der Waals surface area contributed by atoms with Gasteiger partial charge in [0.05, 0.1) is 0 Å². The Morgan fingerprint density at radius 3 is 2.56 bits per heavy atom. The lowest BCUT2D eigenvalue weighted by Crippen LogP contribution is -2.01. The van der Waals surface area contributed by atoms with E-state index < -0.39 is 0 Å². The molecule has 0 radical (unpaired) electrons. The van der Waals surface area contributed by atoms with Gasteiger partial charge in [-0.2, -0.15) is 0 Å². The number of halogens is 1. The molecule has 0 spiro atoms. The summed E-state index contributed by atoms with van der Waals surface area (Å²) in [6.07, 6.45) is 3.19. The first-order valence-electron chi connectivity index (χ1n) is 5.98. The second-order valence-corrected chi connectivity index (χ2v) is 5.62. The van der Waals surface area contributed by atoms with E-state index in [9.17, 15) is 0 Å². The third-order valence-corrected chi connectivity index (χ3v) is 4.15. The molecular weight excluding hydrogens is 262 g/mol. The molecule has 0 bridgehead atoms. The van der Waals surface area contributed by atoms with Crippen LogP contribution in [0.4, 0.5) is 0 Å².